The van der Waals surface area contributed by atoms with Crippen molar-refractivity contribution in [2.45, 2.75) is 32.7 Å². The molecule has 1 rings (SSSR count). The third-order valence-electron chi connectivity index (χ3n) is 2.54. The Kier molecular flexibility index (Phi) is 4.75. The van der Waals surface area contributed by atoms with Crippen molar-refractivity contribution in [1.29, 1.82) is 5.26 Å². The van der Waals surface area contributed by atoms with Gasteiger partial charge in [-0.25, -0.2) is 0 Å². The zero-order valence-corrected chi connectivity index (χ0v) is 11.6. The van der Waals surface area contributed by atoms with E-state index in [1.54, 1.807) is 31.2 Å². The molecule has 1 aromatic carbocycles. The van der Waals surface area contributed by atoms with Gasteiger partial charge in [0.25, 0.3) is 5.91 Å². The SMILES string of the molecule is CC(C)CC(C)(C#N)NC(=O)c1cccc(Cl)c1. The molecule has 0 saturated carbocycles. The lowest BCUT2D eigenvalue weighted by molar-refractivity contribution is 0.0917. The van der Waals surface area contributed by atoms with Gasteiger partial charge in [-0.3, -0.25) is 4.79 Å². The van der Waals surface area contributed by atoms with Crippen LogP contribution in [0.5, 0.6) is 0 Å². The summed E-state index contributed by atoms with van der Waals surface area (Å²) in [5, 5.41) is 12.5. The van der Waals surface area contributed by atoms with Gasteiger partial charge < -0.3 is 5.32 Å². The van der Waals surface area contributed by atoms with Crippen molar-refractivity contribution in [3.8, 4) is 6.07 Å². The minimum Gasteiger partial charge on any atom is -0.334 e. The molecule has 0 radical (unpaired) electrons. The van der Waals surface area contributed by atoms with Gasteiger partial charge in [-0.05, 0) is 37.5 Å². The quantitative estimate of drug-likeness (QED) is 0.906. The van der Waals surface area contributed by atoms with Crippen LogP contribution in [0.2, 0.25) is 5.02 Å². The van der Waals surface area contributed by atoms with Crippen molar-refractivity contribution in [2.75, 3.05) is 0 Å². The first-order valence-electron chi connectivity index (χ1n) is 5.85. The minimum absolute atomic E-state index is 0.276. The third kappa shape index (κ3) is 4.05. The van der Waals surface area contributed by atoms with Gasteiger partial charge in [0.1, 0.15) is 5.54 Å². The zero-order chi connectivity index (χ0) is 13.8. The summed E-state index contributed by atoms with van der Waals surface area (Å²) in [6.07, 6.45) is 0.607. The molecule has 0 aliphatic heterocycles. The van der Waals surface area contributed by atoms with Crippen LogP contribution in [0.4, 0.5) is 0 Å². The maximum atomic E-state index is 12.0. The molecule has 1 unspecified atom stereocenters. The van der Waals surface area contributed by atoms with E-state index in [4.69, 9.17) is 11.6 Å². The van der Waals surface area contributed by atoms with Gasteiger partial charge in [0.15, 0.2) is 0 Å². The van der Waals surface area contributed by atoms with Gasteiger partial charge in [-0.15, -0.1) is 0 Å². The van der Waals surface area contributed by atoms with Crippen molar-refractivity contribution in [3.63, 3.8) is 0 Å². The summed E-state index contributed by atoms with van der Waals surface area (Å²) in [7, 11) is 0. The average molecular weight is 265 g/mol. The number of hydrogen-bond acceptors (Lipinski definition) is 2. The third-order valence-corrected chi connectivity index (χ3v) is 2.77. The van der Waals surface area contributed by atoms with Crippen LogP contribution in [-0.2, 0) is 0 Å². The van der Waals surface area contributed by atoms with Crippen molar-refractivity contribution in [3.05, 3.63) is 34.9 Å². The largest absolute Gasteiger partial charge is 0.334 e. The molecule has 1 amide bonds. The summed E-state index contributed by atoms with van der Waals surface area (Å²) in [5.41, 5.74) is -0.388. The van der Waals surface area contributed by atoms with Gasteiger partial charge >= 0.3 is 0 Å². The number of carbonyl (C=O) groups is 1. The van der Waals surface area contributed by atoms with Gasteiger partial charge in [0.05, 0.1) is 6.07 Å². The molecule has 4 heteroatoms. The number of rotatable bonds is 4. The van der Waals surface area contributed by atoms with Crippen LogP contribution in [0.1, 0.15) is 37.6 Å². The number of nitrogens with one attached hydrogen (secondary N) is 1. The molecule has 0 aromatic heterocycles. The summed E-state index contributed by atoms with van der Waals surface area (Å²) in [4.78, 5) is 12.0. The number of carbonyl (C=O) groups excluding carboxylic acids is 1. The Morgan fingerprint density at radius 2 is 2.22 bits per heavy atom. The minimum atomic E-state index is -0.854. The monoisotopic (exact) mass is 264 g/mol. The number of amides is 1. The molecule has 0 heterocycles. The van der Waals surface area contributed by atoms with Crippen LogP contribution >= 0.6 is 11.6 Å². The second-order valence-electron chi connectivity index (χ2n) is 5.01. The van der Waals surface area contributed by atoms with Gasteiger partial charge in [0.2, 0.25) is 0 Å². The van der Waals surface area contributed by atoms with E-state index in [-0.39, 0.29) is 5.91 Å². The number of benzene rings is 1. The lowest BCUT2D eigenvalue weighted by Gasteiger charge is -2.25. The number of nitrogens with zero attached hydrogens (tertiary/aromatic N) is 1. The van der Waals surface area contributed by atoms with Crippen molar-refractivity contribution >= 4 is 17.5 Å². The molecule has 0 saturated heterocycles. The topological polar surface area (TPSA) is 52.9 Å². The number of nitriles is 1. The van der Waals surface area contributed by atoms with E-state index in [0.717, 1.165) is 0 Å². The van der Waals surface area contributed by atoms with E-state index in [1.165, 1.54) is 0 Å². The summed E-state index contributed by atoms with van der Waals surface area (Å²) in [5.74, 6) is 0.0523. The van der Waals surface area contributed by atoms with E-state index < -0.39 is 5.54 Å². The molecular weight excluding hydrogens is 248 g/mol. The predicted octanol–water partition coefficient (Wildman–Crippen LogP) is 3.40. The second-order valence-corrected chi connectivity index (χ2v) is 5.44. The highest BCUT2D eigenvalue weighted by Gasteiger charge is 2.27. The standard InChI is InChI=1S/C14H17ClN2O/c1-10(2)8-14(3,9-16)17-13(18)11-5-4-6-12(15)7-11/h4-7,10H,8H2,1-3H3,(H,17,18). The maximum absolute atomic E-state index is 12.0. The summed E-state index contributed by atoms with van der Waals surface area (Å²) in [6.45, 7) is 5.76. The molecule has 0 spiro atoms. The van der Waals surface area contributed by atoms with E-state index in [2.05, 4.69) is 11.4 Å². The molecule has 1 atom stereocenters. The van der Waals surface area contributed by atoms with Crippen LogP contribution in [0.15, 0.2) is 24.3 Å². The Bertz CT molecular complexity index is 479. The normalized spacial score (nSPS) is 13.8. The fourth-order valence-corrected chi connectivity index (χ4v) is 2.08. The molecular formula is C14H17ClN2O. The first-order valence-corrected chi connectivity index (χ1v) is 6.23. The van der Waals surface area contributed by atoms with Gasteiger partial charge in [-0.1, -0.05) is 31.5 Å². The van der Waals surface area contributed by atoms with Crippen LogP contribution in [0.3, 0.4) is 0 Å². The molecule has 0 bridgehead atoms. The van der Waals surface area contributed by atoms with E-state index in [1.807, 2.05) is 13.8 Å². The van der Waals surface area contributed by atoms with E-state index >= 15 is 0 Å². The highest BCUT2D eigenvalue weighted by Crippen LogP contribution is 2.17. The van der Waals surface area contributed by atoms with Crippen LogP contribution < -0.4 is 5.32 Å². The van der Waals surface area contributed by atoms with Gasteiger partial charge in [-0.2, -0.15) is 5.26 Å². The highest BCUT2D eigenvalue weighted by molar-refractivity contribution is 6.30. The first kappa shape index (κ1) is 14.5. The summed E-state index contributed by atoms with van der Waals surface area (Å²) >= 11 is 5.83. The smallest absolute Gasteiger partial charge is 0.252 e. The Morgan fingerprint density at radius 1 is 1.56 bits per heavy atom. The summed E-state index contributed by atoms with van der Waals surface area (Å²) in [6, 6.07) is 8.84. The van der Waals surface area contributed by atoms with Crippen molar-refractivity contribution in [1.82, 2.24) is 5.32 Å². The zero-order valence-electron chi connectivity index (χ0n) is 10.8. The maximum Gasteiger partial charge on any atom is 0.252 e. The Labute approximate surface area is 113 Å². The molecule has 0 fully saturated rings. The van der Waals surface area contributed by atoms with Gasteiger partial charge in [0, 0.05) is 10.6 Å². The fourth-order valence-electron chi connectivity index (χ4n) is 1.89. The lowest BCUT2D eigenvalue weighted by atomic mass is 9.92. The molecule has 3 nitrogen and oxygen atoms in total. The second kappa shape index (κ2) is 5.88. The van der Waals surface area contributed by atoms with Crippen LogP contribution in [-0.4, -0.2) is 11.4 Å². The molecule has 0 aliphatic rings. The summed E-state index contributed by atoms with van der Waals surface area (Å²) < 4.78 is 0. The predicted molar refractivity (Wildman–Crippen MR) is 72.4 cm³/mol. The van der Waals surface area contributed by atoms with Crippen molar-refractivity contribution < 1.29 is 4.79 Å². The molecule has 1 aromatic rings. The fraction of sp³-hybridized carbons (Fsp3) is 0.429. The van der Waals surface area contributed by atoms with E-state index in [9.17, 15) is 10.1 Å². The van der Waals surface area contributed by atoms with Crippen LogP contribution in [0, 0.1) is 17.2 Å². The Balaban J connectivity index is 2.83. The Morgan fingerprint density at radius 3 is 2.72 bits per heavy atom. The lowest BCUT2D eigenvalue weighted by Crippen LogP contribution is -2.45. The molecule has 1 N–H and O–H groups in total. The van der Waals surface area contributed by atoms with Crippen molar-refractivity contribution in [2.24, 2.45) is 5.92 Å². The Hall–Kier alpha value is -1.53. The molecule has 96 valence electrons. The highest BCUT2D eigenvalue weighted by atomic mass is 35.5. The number of hydrogen-bond donors (Lipinski definition) is 1. The molecule has 18 heavy (non-hydrogen) atoms. The van der Waals surface area contributed by atoms with Crippen LogP contribution in [0.25, 0.3) is 0 Å². The van der Waals surface area contributed by atoms with E-state index in [0.29, 0.717) is 22.9 Å². The average Bonchev–Trinajstić information content (AvgIpc) is 2.27. The molecule has 0 aliphatic carbocycles. The number of halogens is 1. The first-order chi connectivity index (χ1) is 8.36.